The van der Waals surface area contributed by atoms with Crippen molar-refractivity contribution in [2.75, 3.05) is 26.5 Å². The number of fused-ring (bicyclic) bond motifs is 2. The molecule has 2 aromatic carbocycles. The zero-order valence-corrected chi connectivity index (χ0v) is 16.7. The van der Waals surface area contributed by atoms with Gasteiger partial charge >= 0.3 is 0 Å². The van der Waals surface area contributed by atoms with E-state index in [2.05, 4.69) is 17.2 Å². The maximum absolute atomic E-state index is 12.3. The van der Waals surface area contributed by atoms with Gasteiger partial charge in [0.15, 0.2) is 11.5 Å². The third-order valence-corrected chi connectivity index (χ3v) is 4.82. The minimum absolute atomic E-state index is 0.176. The van der Waals surface area contributed by atoms with Gasteiger partial charge in [-0.3, -0.25) is 19.3 Å². The fourth-order valence-electron chi connectivity index (χ4n) is 3.27. The fraction of sp³-hybridized carbons (Fsp3) is 0.261. The van der Waals surface area contributed by atoms with Gasteiger partial charge in [-0.15, -0.1) is 0 Å². The highest BCUT2D eigenvalue weighted by molar-refractivity contribution is 6.21. The van der Waals surface area contributed by atoms with Crippen molar-refractivity contribution in [1.82, 2.24) is 10.2 Å². The third-order valence-electron chi connectivity index (χ3n) is 4.82. The van der Waals surface area contributed by atoms with Crippen molar-refractivity contribution in [2.24, 2.45) is 0 Å². The zero-order chi connectivity index (χ0) is 21.6. The van der Waals surface area contributed by atoms with Crippen LogP contribution in [0.1, 0.15) is 33.6 Å². The molecule has 0 aliphatic carbocycles. The molecule has 0 atom stereocenters. The second-order valence-corrected chi connectivity index (χ2v) is 6.85. The molecule has 0 unspecified atom stereocenters. The van der Waals surface area contributed by atoms with Gasteiger partial charge in [-0.05, 0) is 30.7 Å². The van der Waals surface area contributed by atoms with Gasteiger partial charge in [0.1, 0.15) is 12.4 Å². The Morgan fingerprint density at radius 1 is 1.03 bits per heavy atom. The summed E-state index contributed by atoms with van der Waals surface area (Å²) in [5, 5.41) is 2.69. The van der Waals surface area contributed by atoms with Crippen LogP contribution in [0.25, 0.3) is 0 Å². The van der Waals surface area contributed by atoms with Crippen molar-refractivity contribution in [3.05, 3.63) is 53.6 Å². The molecular formula is C23H20N2O6. The van der Waals surface area contributed by atoms with E-state index < -0.39 is 0 Å². The van der Waals surface area contributed by atoms with E-state index in [1.165, 1.54) is 4.90 Å². The van der Waals surface area contributed by atoms with E-state index in [0.29, 0.717) is 34.8 Å². The molecule has 31 heavy (non-hydrogen) atoms. The molecule has 2 aliphatic rings. The summed E-state index contributed by atoms with van der Waals surface area (Å²) in [4.78, 5) is 37.7. The number of ether oxygens (including phenoxy) is 3. The van der Waals surface area contributed by atoms with Gasteiger partial charge in [-0.1, -0.05) is 24.0 Å². The normalized spacial score (nSPS) is 13.5. The molecule has 4 rings (SSSR count). The number of nitrogens with one attached hydrogen (secondary N) is 1. The van der Waals surface area contributed by atoms with Crippen molar-refractivity contribution >= 4 is 17.7 Å². The molecule has 2 aromatic rings. The lowest BCUT2D eigenvalue weighted by atomic mass is 10.1. The first-order valence-electron chi connectivity index (χ1n) is 9.83. The summed E-state index contributed by atoms with van der Waals surface area (Å²) in [6.45, 7) is 0.775. The second kappa shape index (κ2) is 9.22. The van der Waals surface area contributed by atoms with E-state index in [9.17, 15) is 14.4 Å². The van der Waals surface area contributed by atoms with Crippen LogP contribution in [0.4, 0.5) is 0 Å². The van der Waals surface area contributed by atoms with Crippen LogP contribution < -0.4 is 19.5 Å². The molecule has 0 spiro atoms. The Labute approximate surface area is 179 Å². The van der Waals surface area contributed by atoms with Gasteiger partial charge in [-0.2, -0.15) is 0 Å². The maximum Gasteiger partial charge on any atom is 0.261 e. The SMILES string of the molecule is O=C(CCCN1C(=O)c2ccccc2C1=O)NCC#CCOc1ccc2c(c1)OCO2. The molecule has 3 amide bonds. The summed E-state index contributed by atoms with van der Waals surface area (Å²) in [7, 11) is 0. The van der Waals surface area contributed by atoms with Gasteiger partial charge in [0.05, 0.1) is 17.7 Å². The van der Waals surface area contributed by atoms with Gasteiger partial charge in [0.25, 0.3) is 11.8 Å². The largest absolute Gasteiger partial charge is 0.481 e. The fourth-order valence-corrected chi connectivity index (χ4v) is 3.27. The van der Waals surface area contributed by atoms with Gasteiger partial charge in [0, 0.05) is 19.0 Å². The number of imide groups is 1. The number of amides is 3. The van der Waals surface area contributed by atoms with Crippen LogP contribution in [-0.2, 0) is 4.79 Å². The molecular weight excluding hydrogens is 400 g/mol. The average Bonchev–Trinajstić information content (AvgIpc) is 3.34. The first-order chi connectivity index (χ1) is 15.1. The van der Waals surface area contributed by atoms with Crippen LogP contribution in [0, 0.1) is 11.8 Å². The number of carbonyl (C=O) groups excluding carboxylic acids is 3. The van der Waals surface area contributed by atoms with Crippen LogP contribution in [0.5, 0.6) is 17.2 Å². The Morgan fingerprint density at radius 2 is 1.77 bits per heavy atom. The molecule has 8 nitrogen and oxygen atoms in total. The lowest BCUT2D eigenvalue weighted by Gasteiger charge is -2.13. The number of rotatable bonds is 7. The smallest absolute Gasteiger partial charge is 0.261 e. The molecule has 158 valence electrons. The first-order valence-corrected chi connectivity index (χ1v) is 9.83. The minimum Gasteiger partial charge on any atom is -0.481 e. The average molecular weight is 420 g/mol. The molecule has 0 bridgehead atoms. The second-order valence-electron chi connectivity index (χ2n) is 6.85. The molecule has 0 aromatic heterocycles. The monoisotopic (exact) mass is 420 g/mol. The number of hydrogen-bond donors (Lipinski definition) is 1. The predicted octanol–water partition coefficient (Wildman–Crippen LogP) is 1.99. The van der Waals surface area contributed by atoms with Gasteiger partial charge in [-0.25, -0.2) is 0 Å². The lowest BCUT2D eigenvalue weighted by molar-refractivity contribution is -0.121. The Balaban J connectivity index is 1.13. The summed E-state index contributed by atoms with van der Waals surface area (Å²) in [5.41, 5.74) is 0.824. The van der Waals surface area contributed by atoms with Crippen LogP contribution in [0.3, 0.4) is 0 Å². The summed E-state index contributed by atoms with van der Waals surface area (Å²) >= 11 is 0. The van der Waals surface area contributed by atoms with E-state index in [-0.39, 0.29) is 50.6 Å². The Bertz CT molecular complexity index is 1050. The highest BCUT2D eigenvalue weighted by Gasteiger charge is 2.34. The zero-order valence-electron chi connectivity index (χ0n) is 16.7. The van der Waals surface area contributed by atoms with Crippen molar-refractivity contribution in [2.45, 2.75) is 12.8 Å². The molecule has 8 heteroatoms. The quantitative estimate of drug-likeness (QED) is 0.544. The van der Waals surface area contributed by atoms with Gasteiger partial charge in [0.2, 0.25) is 12.7 Å². The van der Waals surface area contributed by atoms with Crippen molar-refractivity contribution in [3.63, 3.8) is 0 Å². The maximum atomic E-state index is 12.3. The van der Waals surface area contributed by atoms with Crippen molar-refractivity contribution in [3.8, 4) is 29.1 Å². The van der Waals surface area contributed by atoms with E-state index in [1.807, 2.05) is 0 Å². The summed E-state index contributed by atoms with van der Waals surface area (Å²) < 4.78 is 16.0. The van der Waals surface area contributed by atoms with Crippen LogP contribution in [0.2, 0.25) is 0 Å². The van der Waals surface area contributed by atoms with Crippen molar-refractivity contribution in [1.29, 1.82) is 0 Å². The van der Waals surface area contributed by atoms with Crippen LogP contribution >= 0.6 is 0 Å². The lowest BCUT2D eigenvalue weighted by Crippen LogP contribution is -2.32. The number of hydrogen-bond acceptors (Lipinski definition) is 6. The van der Waals surface area contributed by atoms with E-state index in [0.717, 1.165) is 0 Å². The van der Waals surface area contributed by atoms with E-state index in [1.54, 1.807) is 42.5 Å². The summed E-state index contributed by atoms with van der Waals surface area (Å²) in [6.07, 6.45) is 0.584. The van der Waals surface area contributed by atoms with Crippen LogP contribution in [0.15, 0.2) is 42.5 Å². The molecule has 0 fully saturated rings. The highest BCUT2D eigenvalue weighted by atomic mass is 16.7. The Kier molecular flexibility index (Phi) is 6.03. The predicted molar refractivity (Wildman–Crippen MR) is 110 cm³/mol. The van der Waals surface area contributed by atoms with Gasteiger partial charge < -0.3 is 19.5 Å². The molecule has 2 heterocycles. The standard InChI is InChI=1S/C23H20N2O6/c26-21(8-5-12-25-22(27)17-6-1-2-7-18(17)23(25)28)24-11-3-4-13-29-16-9-10-19-20(14-16)31-15-30-19/h1-2,6-7,9-10,14H,5,8,11-13,15H2,(H,24,26). The number of benzene rings is 2. The Morgan fingerprint density at radius 3 is 2.55 bits per heavy atom. The number of carbonyl (C=O) groups is 3. The molecule has 0 saturated carbocycles. The summed E-state index contributed by atoms with van der Waals surface area (Å²) in [5.74, 6) is 6.77. The molecule has 0 radical (unpaired) electrons. The van der Waals surface area contributed by atoms with E-state index in [4.69, 9.17) is 14.2 Å². The Hall–Kier alpha value is -3.99. The minimum atomic E-state index is -0.311. The third kappa shape index (κ3) is 4.61. The highest BCUT2D eigenvalue weighted by Crippen LogP contribution is 2.35. The van der Waals surface area contributed by atoms with Crippen LogP contribution in [-0.4, -0.2) is 49.1 Å². The molecule has 2 aliphatic heterocycles. The molecule has 1 N–H and O–H groups in total. The summed E-state index contributed by atoms with van der Waals surface area (Å²) in [6, 6.07) is 12.0. The number of nitrogens with zero attached hydrogens (tertiary/aromatic N) is 1. The van der Waals surface area contributed by atoms with Crippen molar-refractivity contribution < 1.29 is 28.6 Å². The topological polar surface area (TPSA) is 94.2 Å². The first kappa shape index (κ1) is 20.3. The van der Waals surface area contributed by atoms with E-state index >= 15 is 0 Å². The molecule has 0 saturated heterocycles.